The van der Waals surface area contributed by atoms with Gasteiger partial charge in [0.2, 0.25) is 11.7 Å². The summed E-state index contributed by atoms with van der Waals surface area (Å²) < 4.78 is 10.7. The summed E-state index contributed by atoms with van der Waals surface area (Å²) in [5, 5.41) is 5.90. The van der Waals surface area contributed by atoms with Gasteiger partial charge in [0.1, 0.15) is 5.75 Å². The number of carbonyl (C=O) groups is 1. The van der Waals surface area contributed by atoms with Crippen LogP contribution in [0.25, 0.3) is 10.7 Å². The van der Waals surface area contributed by atoms with Gasteiger partial charge in [0.15, 0.2) is 0 Å². The molecule has 6 heteroatoms. The van der Waals surface area contributed by atoms with Crippen molar-refractivity contribution in [1.82, 2.24) is 10.1 Å². The van der Waals surface area contributed by atoms with E-state index in [0.717, 1.165) is 16.9 Å². The predicted molar refractivity (Wildman–Crippen MR) is 96.7 cm³/mol. The zero-order valence-corrected chi connectivity index (χ0v) is 15.1. The lowest BCUT2D eigenvalue weighted by atomic mass is 9.98. The standard InChI is InChI=1S/C19H20N2O3S/c1-3-13(2)14-7-4-5-8-15(14)23-18(22)11-10-17-20-19(21-24-17)16-9-6-12-25-16/h4-9,12-13H,3,10-11H2,1-2H3. The van der Waals surface area contributed by atoms with Gasteiger partial charge in [-0.25, -0.2) is 0 Å². The first kappa shape index (κ1) is 17.4. The zero-order chi connectivity index (χ0) is 17.6. The fraction of sp³-hybridized carbons (Fsp3) is 0.316. The summed E-state index contributed by atoms with van der Waals surface area (Å²) >= 11 is 1.55. The molecule has 0 fully saturated rings. The summed E-state index contributed by atoms with van der Waals surface area (Å²) in [7, 11) is 0. The first-order chi connectivity index (χ1) is 12.2. The van der Waals surface area contributed by atoms with Crippen molar-refractivity contribution < 1.29 is 14.1 Å². The SMILES string of the molecule is CCC(C)c1ccccc1OC(=O)CCc1nc(-c2cccs2)no1. The van der Waals surface area contributed by atoms with Gasteiger partial charge in [-0.2, -0.15) is 4.98 Å². The molecule has 2 aromatic heterocycles. The molecule has 0 bridgehead atoms. The third kappa shape index (κ3) is 4.33. The predicted octanol–water partition coefficient (Wildman–Crippen LogP) is 4.85. The Morgan fingerprint density at radius 1 is 1.28 bits per heavy atom. The van der Waals surface area contributed by atoms with E-state index >= 15 is 0 Å². The van der Waals surface area contributed by atoms with E-state index in [-0.39, 0.29) is 12.4 Å². The highest BCUT2D eigenvalue weighted by Crippen LogP contribution is 2.28. The van der Waals surface area contributed by atoms with Crippen molar-refractivity contribution in [3.63, 3.8) is 0 Å². The number of carbonyl (C=O) groups excluding carboxylic acids is 1. The molecule has 0 radical (unpaired) electrons. The number of esters is 1. The van der Waals surface area contributed by atoms with Crippen LogP contribution < -0.4 is 4.74 Å². The molecule has 1 unspecified atom stereocenters. The Bertz CT molecular complexity index is 827. The van der Waals surface area contributed by atoms with Crippen molar-refractivity contribution in [2.75, 3.05) is 0 Å². The van der Waals surface area contributed by atoms with Gasteiger partial charge < -0.3 is 9.26 Å². The largest absolute Gasteiger partial charge is 0.426 e. The molecule has 0 aliphatic heterocycles. The number of thiophene rings is 1. The molecule has 0 saturated heterocycles. The summed E-state index contributed by atoms with van der Waals surface area (Å²) in [5.74, 6) is 1.67. The summed E-state index contributed by atoms with van der Waals surface area (Å²) in [6.45, 7) is 4.24. The molecule has 0 saturated carbocycles. The molecule has 0 N–H and O–H groups in total. The maximum atomic E-state index is 12.2. The fourth-order valence-corrected chi connectivity index (χ4v) is 3.09. The van der Waals surface area contributed by atoms with Crippen molar-refractivity contribution in [3.8, 4) is 16.5 Å². The lowest BCUT2D eigenvalue weighted by Crippen LogP contribution is -2.11. The van der Waals surface area contributed by atoms with Gasteiger partial charge in [0.05, 0.1) is 11.3 Å². The summed E-state index contributed by atoms with van der Waals surface area (Å²) in [6, 6.07) is 11.5. The Hall–Kier alpha value is -2.47. The second-order valence-corrected chi connectivity index (χ2v) is 6.76. The second kappa shape index (κ2) is 8.07. The van der Waals surface area contributed by atoms with E-state index in [0.29, 0.717) is 29.8 Å². The first-order valence-corrected chi connectivity index (χ1v) is 9.21. The van der Waals surface area contributed by atoms with Crippen LogP contribution in [0.3, 0.4) is 0 Å². The molecule has 3 aromatic rings. The highest BCUT2D eigenvalue weighted by atomic mass is 32.1. The number of benzene rings is 1. The Labute approximate surface area is 150 Å². The highest BCUT2D eigenvalue weighted by molar-refractivity contribution is 7.13. The molecule has 0 spiro atoms. The van der Waals surface area contributed by atoms with Crippen molar-refractivity contribution in [2.45, 2.75) is 39.0 Å². The number of hydrogen-bond donors (Lipinski definition) is 0. The smallest absolute Gasteiger partial charge is 0.311 e. The Balaban J connectivity index is 1.59. The number of hydrogen-bond acceptors (Lipinski definition) is 6. The molecule has 2 heterocycles. The van der Waals surface area contributed by atoms with Gasteiger partial charge in [0.25, 0.3) is 0 Å². The van der Waals surface area contributed by atoms with Gasteiger partial charge in [-0.05, 0) is 35.4 Å². The summed E-state index contributed by atoms with van der Waals surface area (Å²) in [6.07, 6.45) is 1.55. The van der Waals surface area contributed by atoms with Crippen LogP contribution in [0, 0.1) is 0 Å². The van der Waals surface area contributed by atoms with Gasteiger partial charge in [-0.15, -0.1) is 11.3 Å². The number of para-hydroxylation sites is 1. The number of aryl methyl sites for hydroxylation is 1. The van der Waals surface area contributed by atoms with E-state index < -0.39 is 0 Å². The summed E-state index contributed by atoms with van der Waals surface area (Å²) in [5.41, 5.74) is 1.05. The molecule has 1 aromatic carbocycles. The van der Waals surface area contributed by atoms with Gasteiger partial charge in [-0.3, -0.25) is 4.79 Å². The van der Waals surface area contributed by atoms with Crippen molar-refractivity contribution >= 4 is 17.3 Å². The number of nitrogens with zero attached hydrogens (tertiary/aromatic N) is 2. The maximum absolute atomic E-state index is 12.2. The van der Waals surface area contributed by atoms with E-state index in [9.17, 15) is 4.79 Å². The molecule has 0 aliphatic carbocycles. The minimum absolute atomic E-state index is 0.195. The molecule has 0 amide bonds. The molecular weight excluding hydrogens is 336 g/mol. The average Bonchev–Trinajstić information content (AvgIpc) is 3.31. The van der Waals surface area contributed by atoms with Crippen molar-refractivity contribution in [1.29, 1.82) is 0 Å². The number of rotatable bonds is 7. The van der Waals surface area contributed by atoms with E-state index in [1.54, 1.807) is 11.3 Å². The Morgan fingerprint density at radius 3 is 2.88 bits per heavy atom. The topological polar surface area (TPSA) is 65.2 Å². The third-order valence-electron chi connectivity index (χ3n) is 4.04. The van der Waals surface area contributed by atoms with Crippen molar-refractivity contribution in [3.05, 3.63) is 53.2 Å². The van der Waals surface area contributed by atoms with E-state index in [2.05, 4.69) is 24.0 Å². The third-order valence-corrected chi connectivity index (χ3v) is 4.90. The molecule has 5 nitrogen and oxygen atoms in total. The molecule has 0 aliphatic rings. The lowest BCUT2D eigenvalue weighted by molar-refractivity contribution is -0.134. The van der Waals surface area contributed by atoms with Crippen LogP contribution in [0.2, 0.25) is 0 Å². The van der Waals surface area contributed by atoms with Gasteiger partial charge >= 0.3 is 5.97 Å². The molecular formula is C19H20N2O3S. The minimum Gasteiger partial charge on any atom is -0.426 e. The molecule has 1 atom stereocenters. The fourth-order valence-electron chi connectivity index (χ4n) is 2.45. The maximum Gasteiger partial charge on any atom is 0.311 e. The van der Waals surface area contributed by atoms with E-state index in [4.69, 9.17) is 9.26 Å². The molecule has 3 rings (SSSR count). The van der Waals surface area contributed by atoms with Crippen LogP contribution in [-0.4, -0.2) is 16.1 Å². The first-order valence-electron chi connectivity index (χ1n) is 8.33. The van der Waals surface area contributed by atoms with Crippen LogP contribution >= 0.6 is 11.3 Å². The van der Waals surface area contributed by atoms with Crippen LogP contribution in [-0.2, 0) is 11.2 Å². The monoisotopic (exact) mass is 356 g/mol. The average molecular weight is 356 g/mol. The normalized spacial score (nSPS) is 12.1. The molecule has 25 heavy (non-hydrogen) atoms. The Kier molecular flexibility index (Phi) is 5.60. The highest BCUT2D eigenvalue weighted by Gasteiger charge is 2.15. The zero-order valence-electron chi connectivity index (χ0n) is 14.3. The van der Waals surface area contributed by atoms with Crippen LogP contribution in [0.1, 0.15) is 44.1 Å². The van der Waals surface area contributed by atoms with Crippen LogP contribution in [0.15, 0.2) is 46.3 Å². The van der Waals surface area contributed by atoms with E-state index in [1.165, 1.54) is 0 Å². The molecule has 130 valence electrons. The lowest BCUT2D eigenvalue weighted by Gasteiger charge is -2.14. The van der Waals surface area contributed by atoms with Crippen molar-refractivity contribution in [2.24, 2.45) is 0 Å². The van der Waals surface area contributed by atoms with Crippen LogP contribution in [0.5, 0.6) is 5.75 Å². The number of aromatic nitrogens is 2. The van der Waals surface area contributed by atoms with E-state index in [1.807, 2.05) is 41.8 Å². The number of ether oxygens (including phenoxy) is 1. The summed E-state index contributed by atoms with van der Waals surface area (Å²) in [4.78, 5) is 17.4. The quantitative estimate of drug-likeness (QED) is 0.447. The van der Waals surface area contributed by atoms with Gasteiger partial charge in [0, 0.05) is 6.42 Å². The Morgan fingerprint density at radius 2 is 2.12 bits per heavy atom. The van der Waals surface area contributed by atoms with Gasteiger partial charge in [-0.1, -0.05) is 43.3 Å². The van der Waals surface area contributed by atoms with Crippen LogP contribution in [0.4, 0.5) is 0 Å². The second-order valence-electron chi connectivity index (χ2n) is 5.81. The minimum atomic E-state index is -0.299.